The number of aromatic nitrogens is 2. The van der Waals surface area contributed by atoms with E-state index in [0.717, 1.165) is 35.6 Å². The normalized spacial score (nSPS) is 16.0. The fourth-order valence-electron chi connectivity index (χ4n) is 2.69. The van der Waals surface area contributed by atoms with Gasteiger partial charge in [0.2, 0.25) is 5.91 Å². The molecule has 1 aliphatic carbocycles. The minimum atomic E-state index is -0.00171. The molecule has 21 heavy (non-hydrogen) atoms. The van der Waals surface area contributed by atoms with Gasteiger partial charge < -0.3 is 10.6 Å². The van der Waals surface area contributed by atoms with E-state index in [1.54, 1.807) is 6.07 Å². The highest BCUT2D eigenvalue weighted by Gasteiger charge is 2.16. The summed E-state index contributed by atoms with van der Waals surface area (Å²) in [5.74, 6) is -0.00171. The third kappa shape index (κ3) is 3.44. The highest BCUT2D eigenvalue weighted by molar-refractivity contribution is 7.00. The Labute approximate surface area is 132 Å². The Hall–Kier alpha value is -1.40. The molecular formula is C14H17ClN4OS. The molecule has 1 aliphatic rings. The molecule has 5 nitrogen and oxygen atoms in total. The van der Waals surface area contributed by atoms with Crippen molar-refractivity contribution < 1.29 is 4.79 Å². The van der Waals surface area contributed by atoms with Gasteiger partial charge in [-0.15, -0.1) is 0 Å². The number of benzene rings is 1. The second-order valence-corrected chi connectivity index (χ2v) is 6.25. The standard InChI is InChI=1S/C14H17ClN4OS/c15-10-6-7-11-14(19-21-18-11)13(10)16-8-12(20)17-9-4-2-1-3-5-9/h6-7,9,16H,1-5,8H2,(H,17,20). The number of amides is 1. The fraction of sp³-hybridized carbons (Fsp3) is 0.500. The second-order valence-electron chi connectivity index (χ2n) is 5.31. The van der Waals surface area contributed by atoms with Crippen LogP contribution in [0.15, 0.2) is 12.1 Å². The molecule has 1 amide bonds. The first-order valence-corrected chi connectivity index (χ1v) is 8.29. The molecule has 0 spiro atoms. The summed E-state index contributed by atoms with van der Waals surface area (Å²) >= 11 is 7.32. The zero-order valence-electron chi connectivity index (χ0n) is 11.6. The largest absolute Gasteiger partial charge is 0.373 e. The molecule has 1 fully saturated rings. The molecule has 0 saturated heterocycles. The quantitative estimate of drug-likeness (QED) is 0.906. The van der Waals surface area contributed by atoms with Crippen LogP contribution in [0.3, 0.4) is 0 Å². The SMILES string of the molecule is O=C(CNc1c(Cl)ccc2nsnc12)NC1CCCCC1. The number of fused-ring (bicyclic) bond motifs is 1. The lowest BCUT2D eigenvalue weighted by Crippen LogP contribution is -2.39. The lowest BCUT2D eigenvalue weighted by atomic mass is 9.95. The van der Waals surface area contributed by atoms with Crippen LogP contribution in [0, 0.1) is 0 Å². The number of carbonyl (C=O) groups is 1. The van der Waals surface area contributed by atoms with Crippen molar-refractivity contribution in [2.45, 2.75) is 38.1 Å². The van der Waals surface area contributed by atoms with Crippen molar-refractivity contribution in [3.63, 3.8) is 0 Å². The van der Waals surface area contributed by atoms with Crippen LogP contribution in [0.25, 0.3) is 11.0 Å². The van der Waals surface area contributed by atoms with Crippen LogP contribution in [0.1, 0.15) is 32.1 Å². The minimum absolute atomic E-state index is 0.00171. The molecule has 1 aromatic carbocycles. The van der Waals surface area contributed by atoms with Gasteiger partial charge in [-0.25, -0.2) is 0 Å². The number of anilines is 1. The summed E-state index contributed by atoms with van der Waals surface area (Å²) in [5, 5.41) is 6.72. The van der Waals surface area contributed by atoms with Crippen molar-refractivity contribution in [3.05, 3.63) is 17.2 Å². The van der Waals surface area contributed by atoms with Gasteiger partial charge in [0.25, 0.3) is 0 Å². The van der Waals surface area contributed by atoms with Gasteiger partial charge in [0.05, 0.1) is 29.0 Å². The van der Waals surface area contributed by atoms with Gasteiger partial charge in [-0.05, 0) is 25.0 Å². The number of nitrogens with one attached hydrogen (secondary N) is 2. The zero-order chi connectivity index (χ0) is 14.7. The topological polar surface area (TPSA) is 66.9 Å². The molecule has 0 atom stereocenters. The van der Waals surface area contributed by atoms with E-state index in [0.29, 0.717) is 16.8 Å². The van der Waals surface area contributed by atoms with Gasteiger partial charge >= 0.3 is 0 Å². The van der Waals surface area contributed by atoms with Crippen LogP contribution in [0.5, 0.6) is 0 Å². The lowest BCUT2D eigenvalue weighted by Gasteiger charge is -2.23. The van der Waals surface area contributed by atoms with E-state index in [9.17, 15) is 4.79 Å². The number of hydrogen-bond donors (Lipinski definition) is 2. The van der Waals surface area contributed by atoms with Crippen molar-refractivity contribution in [2.24, 2.45) is 0 Å². The maximum absolute atomic E-state index is 12.0. The average molecular weight is 325 g/mol. The molecule has 2 aromatic rings. The first kappa shape index (κ1) is 14.5. The zero-order valence-corrected chi connectivity index (χ0v) is 13.1. The summed E-state index contributed by atoms with van der Waals surface area (Å²) in [7, 11) is 0. The molecule has 0 radical (unpaired) electrons. The average Bonchev–Trinajstić information content (AvgIpc) is 2.96. The van der Waals surface area contributed by atoms with Crippen LogP contribution in [-0.4, -0.2) is 27.2 Å². The van der Waals surface area contributed by atoms with Gasteiger partial charge in [0, 0.05) is 6.04 Å². The molecule has 112 valence electrons. The summed E-state index contributed by atoms with van der Waals surface area (Å²) in [6.45, 7) is 0.201. The maximum atomic E-state index is 12.0. The molecule has 7 heteroatoms. The molecule has 0 bridgehead atoms. The highest BCUT2D eigenvalue weighted by atomic mass is 35.5. The Morgan fingerprint density at radius 2 is 2.10 bits per heavy atom. The van der Waals surface area contributed by atoms with Gasteiger partial charge in [0.1, 0.15) is 11.0 Å². The molecule has 3 rings (SSSR count). The molecule has 1 saturated carbocycles. The van der Waals surface area contributed by atoms with Crippen molar-refractivity contribution in [1.82, 2.24) is 14.1 Å². The minimum Gasteiger partial charge on any atom is -0.373 e. The van der Waals surface area contributed by atoms with Gasteiger partial charge in [-0.2, -0.15) is 8.75 Å². The third-order valence-electron chi connectivity index (χ3n) is 3.77. The molecular weight excluding hydrogens is 308 g/mol. The van der Waals surface area contributed by atoms with E-state index in [1.807, 2.05) is 6.07 Å². The number of nitrogens with zero attached hydrogens (tertiary/aromatic N) is 2. The van der Waals surface area contributed by atoms with E-state index in [-0.39, 0.29) is 12.5 Å². The van der Waals surface area contributed by atoms with Crippen molar-refractivity contribution in [3.8, 4) is 0 Å². The van der Waals surface area contributed by atoms with Crippen molar-refractivity contribution in [2.75, 3.05) is 11.9 Å². The van der Waals surface area contributed by atoms with E-state index < -0.39 is 0 Å². The van der Waals surface area contributed by atoms with Crippen LogP contribution in [-0.2, 0) is 4.79 Å². The van der Waals surface area contributed by atoms with E-state index >= 15 is 0 Å². The van der Waals surface area contributed by atoms with Crippen molar-refractivity contribution in [1.29, 1.82) is 0 Å². The summed E-state index contributed by atoms with van der Waals surface area (Å²) in [5.41, 5.74) is 2.19. The Morgan fingerprint density at radius 1 is 1.29 bits per heavy atom. The predicted molar refractivity (Wildman–Crippen MR) is 85.9 cm³/mol. The summed E-state index contributed by atoms with van der Waals surface area (Å²) in [4.78, 5) is 12.0. The van der Waals surface area contributed by atoms with Crippen LogP contribution in [0.4, 0.5) is 5.69 Å². The molecule has 1 heterocycles. The number of carbonyl (C=O) groups excluding carboxylic acids is 1. The summed E-state index contributed by atoms with van der Waals surface area (Å²) in [6, 6.07) is 3.92. The van der Waals surface area contributed by atoms with Gasteiger partial charge in [0.15, 0.2) is 0 Å². The highest BCUT2D eigenvalue weighted by Crippen LogP contribution is 2.29. The predicted octanol–water partition coefficient (Wildman–Crippen LogP) is 3.21. The first-order valence-electron chi connectivity index (χ1n) is 7.18. The lowest BCUT2D eigenvalue weighted by molar-refractivity contribution is -0.120. The van der Waals surface area contributed by atoms with Crippen LogP contribution in [0.2, 0.25) is 5.02 Å². The second kappa shape index (κ2) is 6.58. The Balaban J connectivity index is 1.62. The fourth-order valence-corrected chi connectivity index (χ4v) is 3.45. The van der Waals surface area contributed by atoms with Crippen LogP contribution < -0.4 is 10.6 Å². The van der Waals surface area contributed by atoms with E-state index in [1.165, 1.54) is 19.3 Å². The van der Waals surface area contributed by atoms with Gasteiger partial charge in [-0.1, -0.05) is 30.9 Å². The van der Waals surface area contributed by atoms with Crippen molar-refractivity contribution >= 4 is 46.0 Å². The van der Waals surface area contributed by atoms with Gasteiger partial charge in [-0.3, -0.25) is 4.79 Å². The van der Waals surface area contributed by atoms with E-state index in [4.69, 9.17) is 11.6 Å². The smallest absolute Gasteiger partial charge is 0.239 e. The molecule has 0 unspecified atom stereocenters. The van der Waals surface area contributed by atoms with Crippen LogP contribution >= 0.6 is 23.3 Å². The number of halogens is 1. The molecule has 0 aliphatic heterocycles. The third-order valence-corrected chi connectivity index (χ3v) is 4.63. The molecule has 1 aromatic heterocycles. The Kier molecular flexibility index (Phi) is 4.55. The monoisotopic (exact) mass is 324 g/mol. The Bertz CT molecular complexity index is 639. The Morgan fingerprint density at radius 3 is 2.90 bits per heavy atom. The maximum Gasteiger partial charge on any atom is 0.239 e. The summed E-state index contributed by atoms with van der Waals surface area (Å²) < 4.78 is 8.40. The number of rotatable bonds is 4. The number of hydrogen-bond acceptors (Lipinski definition) is 5. The summed E-state index contributed by atoms with van der Waals surface area (Å²) in [6.07, 6.45) is 5.84. The first-order chi connectivity index (χ1) is 10.2. The molecule has 2 N–H and O–H groups in total. The van der Waals surface area contributed by atoms with E-state index in [2.05, 4.69) is 19.4 Å².